The molecule has 1 N–H and O–H groups in total. The second-order valence-electron chi connectivity index (χ2n) is 5.60. The molecule has 0 spiro atoms. The highest BCUT2D eigenvalue weighted by atomic mass is 31.2. The highest BCUT2D eigenvalue weighted by molar-refractivity contribution is 7.54. The van der Waals surface area contributed by atoms with Crippen LogP contribution < -0.4 is 5.32 Å². The van der Waals surface area contributed by atoms with Gasteiger partial charge in [-0.1, -0.05) is 48.5 Å². The summed E-state index contributed by atoms with van der Waals surface area (Å²) in [6.45, 7) is 5.84. The van der Waals surface area contributed by atoms with Crippen LogP contribution in [0.1, 0.15) is 43.7 Å². The molecule has 2 aromatic rings. The summed E-state index contributed by atoms with van der Waals surface area (Å²) in [4.78, 5) is 0. The van der Waals surface area contributed by atoms with Crippen LogP contribution in [0.25, 0.3) is 0 Å². The molecule has 25 heavy (non-hydrogen) atoms. The lowest BCUT2D eigenvalue weighted by molar-refractivity contribution is 0.205. The smallest absolute Gasteiger partial charge is 0.308 e. The van der Waals surface area contributed by atoms with Crippen LogP contribution in [0.4, 0.5) is 4.39 Å². The zero-order chi connectivity index (χ0) is 18.3. The molecule has 0 aliphatic heterocycles. The maximum absolute atomic E-state index is 14.4. The van der Waals surface area contributed by atoms with Gasteiger partial charge in [0.05, 0.1) is 13.2 Å². The van der Waals surface area contributed by atoms with Crippen molar-refractivity contribution >= 4 is 7.60 Å². The predicted molar refractivity (Wildman–Crippen MR) is 98.0 cm³/mol. The van der Waals surface area contributed by atoms with Gasteiger partial charge in [0.25, 0.3) is 0 Å². The minimum atomic E-state index is -3.60. The van der Waals surface area contributed by atoms with Crippen LogP contribution in [-0.4, -0.2) is 13.2 Å². The van der Waals surface area contributed by atoms with Gasteiger partial charge >= 0.3 is 7.60 Å². The first-order valence-electron chi connectivity index (χ1n) is 8.46. The van der Waals surface area contributed by atoms with Crippen molar-refractivity contribution in [3.05, 3.63) is 71.5 Å². The molecule has 136 valence electrons. The van der Waals surface area contributed by atoms with Crippen molar-refractivity contribution in [1.29, 1.82) is 0 Å². The monoisotopic (exact) mass is 365 g/mol. The molecule has 0 aliphatic carbocycles. The fourth-order valence-electron chi connectivity index (χ4n) is 2.67. The van der Waals surface area contributed by atoms with Gasteiger partial charge in [0.1, 0.15) is 11.6 Å². The molecule has 2 rings (SSSR count). The van der Waals surface area contributed by atoms with Gasteiger partial charge in [-0.25, -0.2) is 4.39 Å². The summed E-state index contributed by atoms with van der Waals surface area (Å²) in [7, 11) is -3.60. The van der Waals surface area contributed by atoms with Gasteiger partial charge in [-0.15, -0.1) is 0 Å². The van der Waals surface area contributed by atoms with Crippen LogP contribution in [0.2, 0.25) is 0 Å². The number of rotatable bonds is 9. The topological polar surface area (TPSA) is 47.6 Å². The lowest BCUT2D eigenvalue weighted by atomic mass is 10.1. The van der Waals surface area contributed by atoms with E-state index < -0.39 is 19.2 Å². The van der Waals surface area contributed by atoms with Crippen molar-refractivity contribution in [2.45, 2.75) is 32.6 Å². The second-order valence-corrected chi connectivity index (χ2v) is 7.71. The van der Waals surface area contributed by atoms with Crippen molar-refractivity contribution in [2.24, 2.45) is 0 Å². The highest BCUT2D eigenvalue weighted by Gasteiger charge is 2.39. The van der Waals surface area contributed by atoms with Crippen molar-refractivity contribution in [1.82, 2.24) is 5.32 Å². The molecule has 2 aromatic carbocycles. The fourth-order valence-corrected chi connectivity index (χ4v) is 4.72. The fraction of sp³-hybridized carbons (Fsp3) is 0.368. The van der Waals surface area contributed by atoms with Crippen LogP contribution in [0.3, 0.4) is 0 Å². The Bertz CT molecular complexity index is 701. The Morgan fingerprint density at radius 2 is 1.56 bits per heavy atom. The quantitative estimate of drug-likeness (QED) is 0.601. The number of hydrogen-bond donors (Lipinski definition) is 1. The minimum Gasteiger partial charge on any atom is -0.308 e. The van der Waals surface area contributed by atoms with E-state index in [0.29, 0.717) is 0 Å². The van der Waals surface area contributed by atoms with Crippen LogP contribution in [0, 0.1) is 5.82 Å². The van der Waals surface area contributed by atoms with Gasteiger partial charge in [-0.3, -0.25) is 9.88 Å². The summed E-state index contributed by atoms with van der Waals surface area (Å²) >= 11 is 0. The summed E-state index contributed by atoms with van der Waals surface area (Å²) in [5.41, 5.74) is 1.28. The van der Waals surface area contributed by atoms with E-state index in [9.17, 15) is 8.96 Å². The van der Waals surface area contributed by atoms with Crippen LogP contribution in [-0.2, 0) is 13.6 Å². The molecule has 0 saturated carbocycles. The molecule has 0 amide bonds. The first kappa shape index (κ1) is 19.8. The van der Waals surface area contributed by atoms with E-state index in [1.54, 1.807) is 32.0 Å². The van der Waals surface area contributed by atoms with E-state index in [1.807, 2.05) is 37.3 Å². The molecule has 4 nitrogen and oxygen atoms in total. The predicted octanol–water partition coefficient (Wildman–Crippen LogP) is 5.44. The second kappa shape index (κ2) is 9.25. The number of halogens is 1. The molecule has 0 bridgehead atoms. The van der Waals surface area contributed by atoms with Gasteiger partial charge in [0, 0.05) is 11.6 Å². The largest absolute Gasteiger partial charge is 0.352 e. The SMILES string of the molecule is CCOP(=O)(OCC)C(N[C@@H](C)c1ccccc1)c1ccccc1F. The van der Waals surface area contributed by atoms with Gasteiger partial charge in [0.2, 0.25) is 0 Å². The maximum atomic E-state index is 14.4. The molecule has 0 heterocycles. The average molecular weight is 365 g/mol. The van der Waals surface area contributed by atoms with E-state index in [1.165, 1.54) is 6.07 Å². The first-order chi connectivity index (χ1) is 12.0. The summed E-state index contributed by atoms with van der Waals surface area (Å²) in [5, 5.41) is 3.25. The van der Waals surface area contributed by atoms with Crippen molar-refractivity contribution in [3.63, 3.8) is 0 Å². The average Bonchev–Trinajstić information content (AvgIpc) is 2.61. The summed E-state index contributed by atoms with van der Waals surface area (Å²) < 4.78 is 38.8. The zero-order valence-corrected chi connectivity index (χ0v) is 15.7. The molecule has 1 unspecified atom stereocenters. The number of nitrogens with one attached hydrogen (secondary N) is 1. The van der Waals surface area contributed by atoms with E-state index in [4.69, 9.17) is 9.05 Å². The van der Waals surface area contributed by atoms with Gasteiger partial charge in [0.15, 0.2) is 0 Å². The highest BCUT2D eigenvalue weighted by Crippen LogP contribution is 2.60. The third-order valence-corrected chi connectivity index (χ3v) is 6.14. The van der Waals surface area contributed by atoms with Crippen molar-refractivity contribution in [2.75, 3.05) is 13.2 Å². The summed E-state index contributed by atoms with van der Waals surface area (Å²) in [6, 6.07) is 15.8. The number of benzene rings is 2. The zero-order valence-electron chi connectivity index (χ0n) is 14.8. The summed E-state index contributed by atoms with van der Waals surface area (Å²) in [6.07, 6.45) is 0. The minimum absolute atomic E-state index is 0.167. The maximum Gasteiger partial charge on any atom is 0.352 e. The molecular weight excluding hydrogens is 340 g/mol. The Hall–Kier alpha value is -1.52. The standard InChI is InChI=1S/C19H25FNO3P/c1-4-23-25(22,24-5-2)19(17-13-9-10-14-18(17)20)21-15(3)16-11-7-6-8-12-16/h6-15,19,21H,4-5H2,1-3H3/t15-,19?/m0/s1. The third kappa shape index (κ3) is 4.99. The Morgan fingerprint density at radius 3 is 2.12 bits per heavy atom. The Labute approximate surface area is 148 Å². The molecule has 2 atom stereocenters. The molecular formula is C19H25FNO3P. The molecule has 0 fully saturated rings. The van der Waals surface area contributed by atoms with E-state index >= 15 is 0 Å². The van der Waals surface area contributed by atoms with Crippen molar-refractivity contribution in [3.8, 4) is 0 Å². The van der Waals surface area contributed by atoms with Crippen LogP contribution in [0.5, 0.6) is 0 Å². The normalized spacial score (nSPS) is 14.2. The van der Waals surface area contributed by atoms with Crippen LogP contribution in [0.15, 0.2) is 54.6 Å². The summed E-state index contributed by atoms with van der Waals surface area (Å²) in [5.74, 6) is -1.34. The first-order valence-corrected chi connectivity index (χ1v) is 10.1. The lowest BCUT2D eigenvalue weighted by Gasteiger charge is -2.30. The Morgan fingerprint density at radius 1 is 1.00 bits per heavy atom. The van der Waals surface area contributed by atoms with Gasteiger partial charge in [-0.2, -0.15) is 0 Å². The van der Waals surface area contributed by atoms with E-state index in [0.717, 1.165) is 5.56 Å². The third-order valence-electron chi connectivity index (χ3n) is 3.84. The Kier molecular flexibility index (Phi) is 7.33. The number of hydrogen-bond acceptors (Lipinski definition) is 4. The van der Waals surface area contributed by atoms with E-state index in [-0.39, 0.29) is 24.8 Å². The molecule has 0 saturated heterocycles. The molecule has 0 radical (unpaired) electrons. The van der Waals surface area contributed by atoms with Crippen LogP contribution >= 0.6 is 7.60 Å². The van der Waals surface area contributed by atoms with Crippen molar-refractivity contribution < 1.29 is 18.0 Å². The lowest BCUT2D eigenvalue weighted by Crippen LogP contribution is -2.27. The Balaban J connectivity index is 2.41. The molecule has 0 aromatic heterocycles. The van der Waals surface area contributed by atoms with Gasteiger partial charge < -0.3 is 9.05 Å². The molecule has 0 aliphatic rings. The van der Waals surface area contributed by atoms with E-state index in [2.05, 4.69) is 5.32 Å². The molecule has 6 heteroatoms. The van der Waals surface area contributed by atoms with Gasteiger partial charge in [-0.05, 0) is 32.4 Å².